The fourth-order valence-electron chi connectivity index (χ4n) is 6.55. The zero-order valence-corrected chi connectivity index (χ0v) is 21.6. The van der Waals surface area contributed by atoms with Gasteiger partial charge in [0.15, 0.2) is 0 Å². The molecule has 1 spiro atoms. The number of benzene rings is 2. The van der Waals surface area contributed by atoms with Crippen molar-refractivity contribution in [3.8, 4) is 0 Å². The van der Waals surface area contributed by atoms with Crippen molar-refractivity contribution in [2.24, 2.45) is 0 Å². The van der Waals surface area contributed by atoms with E-state index in [4.69, 9.17) is 0 Å². The molecule has 5 heterocycles. The van der Waals surface area contributed by atoms with E-state index < -0.39 is 0 Å². The van der Waals surface area contributed by atoms with Gasteiger partial charge in [-0.25, -0.2) is 0 Å². The second kappa shape index (κ2) is 9.34. The van der Waals surface area contributed by atoms with Gasteiger partial charge in [0.25, 0.3) is 11.8 Å². The number of hydrogen-bond donors (Lipinski definition) is 1. The van der Waals surface area contributed by atoms with Crippen LogP contribution >= 0.6 is 0 Å². The number of hydrogen-bond acceptors (Lipinski definition) is 5. The SMILES string of the molecule is O=C(c1cccnc1)N1CCC2(CC1)Nc1ccc3ccccc3c1C1=C2CN(C(=O)c2cccnc2)CC1. The molecule has 7 heteroatoms. The van der Waals surface area contributed by atoms with Gasteiger partial charge in [0, 0.05) is 62.2 Å². The van der Waals surface area contributed by atoms with Crippen molar-refractivity contribution in [1.82, 2.24) is 19.8 Å². The summed E-state index contributed by atoms with van der Waals surface area (Å²) in [4.78, 5) is 38.9. The lowest BCUT2D eigenvalue weighted by atomic mass is 9.71. The summed E-state index contributed by atoms with van der Waals surface area (Å²) in [5.74, 6) is 0.0316. The van der Waals surface area contributed by atoms with Gasteiger partial charge >= 0.3 is 0 Å². The lowest BCUT2D eigenvalue weighted by Crippen LogP contribution is -2.56. The number of aromatic nitrogens is 2. The molecule has 2 aromatic heterocycles. The van der Waals surface area contributed by atoms with E-state index in [0.29, 0.717) is 37.3 Å². The second-order valence-corrected chi connectivity index (χ2v) is 10.6. The zero-order chi connectivity index (χ0) is 26.4. The quantitative estimate of drug-likeness (QED) is 0.405. The normalized spacial score (nSPS) is 17.9. The minimum absolute atomic E-state index is 0.0118. The van der Waals surface area contributed by atoms with Gasteiger partial charge in [0.05, 0.1) is 16.7 Å². The molecule has 39 heavy (non-hydrogen) atoms. The van der Waals surface area contributed by atoms with Crippen LogP contribution in [0.15, 0.2) is 91.0 Å². The van der Waals surface area contributed by atoms with E-state index in [-0.39, 0.29) is 17.4 Å². The largest absolute Gasteiger partial charge is 0.375 e. The highest BCUT2D eigenvalue weighted by Crippen LogP contribution is 2.49. The third-order valence-corrected chi connectivity index (χ3v) is 8.54. The Kier molecular flexibility index (Phi) is 5.65. The highest BCUT2D eigenvalue weighted by Gasteiger charge is 2.46. The molecule has 1 N–H and O–H groups in total. The Balaban J connectivity index is 1.27. The van der Waals surface area contributed by atoms with Crippen LogP contribution < -0.4 is 5.32 Å². The van der Waals surface area contributed by atoms with Gasteiger partial charge in [-0.3, -0.25) is 19.6 Å². The Bertz CT molecular complexity index is 1610. The van der Waals surface area contributed by atoms with Crippen molar-refractivity contribution in [3.05, 3.63) is 108 Å². The molecule has 3 aliphatic heterocycles. The van der Waals surface area contributed by atoms with Crippen LogP contribution in [0.5, 0.6) is 0 Å². The number of amides is 2. The minimum atomic E-state index is -0.315. The Morgan fingerprint density at radius 1 is 0.769 bits per heavy atom. The van der Waals surface area contributed by atoms with Crippen LogP contribution in [0.25, 0.3) is 16.3 Å². The summed E-state index contributed by atoms with van der Waals surface area (Å²) in [6, 6.07) is 20.2. The Hall–Kier alpha value is -4.52. The number of nitrogens with one attached hydrogen (secondary N) is 1. The molecule has 7 rings (SSSR count). The number of pyridine rings is 2. The summed E-state index contributed by atoms with van der Waals surface area (Å²) in [5, 5.41) is 6.40. The maximum absolute atomic E-state index is 13.5. The van der Waals surface area contributed by atoms with Crippen LogP contribution in [0.1, 0.15) is 45.5 Å². The number of anilines is 1. The fraction of sp³-hybridized carbons (Fsp3) is 0.250. The first-order chi connectivity index (χ1) is 19.1. The van der Waals surface area contributed by atoms with Crippen molar-refractivity contribution in [2.45, 2.75) is 24.8 Å². The first-order valence-electron chi connectivity index (χ1n) is 13.5. The summed E-state index contributed by atoms with van der Waals surface area (Å²) >= 11 is 0. The molecule has 0 saturated carbocycles. The molecule has 2 amide bonds. The molecule has 0 atom stereocenters. The van der Waals surface area contributed by atoms with E-state index in [2.05, 4.69) is 51.7 Å². The average Bonchev–Trinajstić information content (AvgIpc) is 3.01. The molecule has 0 unspecified atom stereocenters. The van der Waals surface area contributed by atoms with Crippen molar-refractivity contribution in [1.29, 1.82) is 0 Å². The van der Waals surface area contributed by atoms with Gasteiger partial charge in [-0.2, -0.15) is 0 Å². The second-order valence-electron chi connectivity index (χ2n) is 10.6. The smallest absolute Gasteiger partial charge is 0.255 e. The molecular formula is C32H29N5O2. The van der Waals surface area contributed by atoms with Gasteiger partial charge in [-0.1, -0.05) is 30.3 Å². The lowest BCUT2D eigenvalue weighted by molar-refractivity contribution is 0.0686. The number of likely N-dealkylation sites (tertiary alicyclic amines) is 1. The number of fused-ring (bicyclic) bond motifs is 5. The Morgan fingerprint density at radius 3 is 2.15 bits per heavy atom. The highest BCUT2D eigenvalue weighted by atomic mass is 16.2. The highest BCUT2D eigenvalue weighted by molar-refractivity contribution is 6.03. The monoisotopic (exact) mass is 515 g/mol. The first kappa shape index (κ1) is 23.6. The predicted octanol–water partition coefficient (Wildman–Crippen LogP) is 5.03. The average molecular weight is 516 g/mol. The first-order valence-corrected chi connectivity index (χ1v) is 13.5. The summed E-state index contributed by atoms with van der Waals surface area (Å²) in [5.41, 5.74) is 5.95. The van der Waals surface area contributed by atoms with E-state index in [9.17, 15) is 9.59 Å². The van der Waals surface area contributed by atoms with Crippen molar-refractivity contribution >= 4 is 33.8 Å². The minimum Gasteiger partial charge on any atom is -0.375 e. The Labute approximate surface area is 227 Å². The van der Waals surface area contributed by atoms with Crippen LogP contribution in [0.3, 0.4) is 0 Å². The van der Waals surface area contributed by atoms with Crippen molar-refractivity contribution < 1.29 is 9.59 Å². The van der Waals surface area contributed by atoms with E-state index in [0.717, 1.165) is 24.9 Å². The van der Waals surface area contributed by atoms with Crippen LogP contribution in [0.2, 0.25) is 0 Å². The standard InChI is InChI=1S/C32H29N5O2/c38-30(23-6-3-14-33-19-23)36-17-12-32(13-18-36)27-21-37(31(39)24-7-4-15-34-20-24)16-11-26(27)29-25-8-2-1-5-22(25)9-10-28(29)35-32/h1-10,14-15,19-20,35H,11-13,16-18,21H2. The van der Waals surface area contributed by atoms with Gasteiger partial charge in [-0.15, -0.1) is 0 Å². The lowest BCUT2D eigenvalue weighted by Gasteiger charge is -2.51. The van der Waals surface area contributed by atoms with Crippen molar-refractivity contribution in [3.63, 3.8) is 0 Å². The maximum Gasteiger partial charge on any atom is 0.255 e. The number of carbonyl (C=O) groups is 2. The van der Waals surface area contributed by atoms with Crippen molar-refractivity contribution in [2.75, 3.05) is 31.5 Å². The predicted molar refractivity (Wildman–Crippen MR) is 151 cm³/mol. The summed E-state index contributed by atoms with van der Waals surface area (Å²) in [6.07, 6.45) is 9.01. The molecule has 194 valence electrons. The molecular weight excluding hydrogens is 486 g/mol. The van der Waals surface area contributed by atoms with E-state index in [1.54, 1.807) is 30.9 Å². The van der Waals surface area contributed by atoms with Gasteiger partial charge in [-0.05, 0) is 71.5 Å². The summed E-state index contributed by atoms with van der Waals surface area (Å²) < 4.78 is 0. The topological polar surface area (TPSA) is 78.4 Å². The summed E-state index contributed by atoms with van der Waals surface area (Å²) in [7, 11) is 0. The molecule has 0 aliphatic carbocycles. The van der Waals surface area contributed by atoms with Crippen LogP contribution in [0.4, 0.5) is 5.69 Å². The number of piperidine rings is 1. The molecule has 7 nitrogen and oxygen atoms in total. The molecule has 0 radical (unpaired) electrons. The van der Waals surface area contributed by atoms with Gasteiger partial charge in [0.1, 0.15) is 0 Å². The van der Waals surface area contributed by atoms with E-state index in [1.807, 2.05) is 28.0 Å². The fourth-order valence-corrected chi connectivity index (χ4v) is 6.55. The summed E-state index contributed by atoms with van der Waals surface area (Å²) in [6.45, 7) is 2.50. The van der Waals surface area contributed by atoms with Gasteiger partial charge < -0.3 is 15.1 Å². The molecule has 1 saturated heterocycles. The van der Waals surface area contributed by atoms with E-state index >= 15 is 0 Å². The number of rotatable bonds is 2. The van der Waals surface area contributed by atoms with Crippen LogP contribution in [-0.4, -0.2) is 63.3 Å². The molecule has 4 aromatic rings. The molecule has 3 aliphatic rings. The number of carbonyl (C=O) groups excluding carboxylic acids is 2. The molecule has 1 fully saturated rings. The number of nitrogens with zero attached hydrogens (tertiary/aromatic N) is 4. The molecule has 2 aromatic carbocycles. The third-order valence-electron chi connectivity index (χ3n) is 8.54. The molecule has 0 bridgehead atoms. The maximum atomic E-state index is 13.5. The van der Waals surface area contributed by atoms with E-state index in [1.165, 1.54) is 27.5 Å². The zero-order valence-electron chi connectivity index (χ0n) is 21.6. The van der Waals surface area contributed by atoms with Crippen LogP contribution in [-0.2, 0) is 0 Å². The van der Waals surface area contributed by atoms with Crippen LogP contribution in [0, 0.1) is 0 Å². The Morgan fingerprint density at radius 2 is 1.46 bits per heavy atom. The third kappa shape index (κ3) is 3.96. The van der Waals surface area contributed by atoms with Gasteiger partial charge in [0.2, 0.25) is 0 Å².